The van der Waals surface area contributed by atoms with Gasteiger partial charge in [0.1, 0.15) is 0 Å². The van der Waals surface area contributed by atoms with E-state index in [4.69, 9.17) is 4.74 Å². The van der Waals surface area contributed by atoms with Crippen molar-refractivity contribution < 1.29 is 13.9 Å². The number of pyridine rings is 2. The van der Waals surface area contributed by atoms with Crippen LogP contribution in [0.2, 0.25) is 0 Å². The molecule has 2 aromatic rings. The van der Waals surface area contributed by atoms with Crippen molar-refractivity contribution >= 4 is 17.5 Å². The zero-order valence-electron chi connectivity index (χ0n) is 14.0. The molecule has 1 aliphatic rings. The monoisotopic (exact) mass is 345 g/mol. The number of hydrogen-bond acceptors (Lipinski definition) is 5. The molecule has 3 rings (SSSR count). The van der Waals surface area contributed by atoms with Crippen molar-refractivity contribution in [1.29, 1.82) is 0 Å². The second-order valence-electron chi connectivity index (χ2n) is 5.53. The molecule has 0 atom stereocenters. The molecule has 132 valence electrons. The number of carbonyl (C=O) groups excluding carboxylic acids is 1. The number of halogens is 1. The smallest absolute Gasteiger partial charge is 0.322 e. The third-order valence-corrected chi connectivity index (χ3v) is 3.89. The van der Waals surface area contributed by atoms with Crippen LogP contribution in [0.5, 0.6) is 5.88 Å². The summed E-state index contributed by atoms with van der Waals surface area (Å²) in [6.07, 6.45) is 3.12. The molecule has 1 aliphatic heterocycles. The standard InChI is InChI=1S/C17H20FN5O2/c1-2-25-15-6-5-13(12-20-15)21-17(24)23-10-8-22(9-11-23)16-14(18)4-3-7-19-16/h3-7,12H,2,8-11H2,1H3,(H,21,24). The summed E-state index contributed by atoms with van der Waals surface area (Å²) < 4.78 is 19.1. The van der Waals surface area contributed by atoms with E-state index in [-0.39, 0.29) is 11.8 Å². The molecule has 0 aliphatic carbocycles. The third kappa shape index (κ3) is 4.14. The van der Waals surface area contributed by atoms with Crippen molar-refractivity contribution in [1.82, 2.24) is 14.9 Å². The highest BCUT2D eigenvalue weighted by Gasteiger charge is 2.23. The van der Waals surface area contributed by atoms with Gasteiger partial charge in [-0.1, -0.05) is 0 Å². The Morgan fingerprint density at radius 2 is 2.04 bits per heavy atom. The number of nitrogens with one attached hydrogen (secondary N) is 1. The van der Waals surface area contributed by atoms with E-state index < -0.39 is 0 Å². The highest BCUT2D eigenvalue weighted by molar-refractivity contribution is 5.89. The lowest BCUT2D eigenvalue weighted by molar-refractivity contribution is 0.208. The summed E-state index contributed by atoms with van der Waals surface area (Å²) in [7, 11) is 0. The van der Waals surface area contributed by atoms with Crippen LogP contribution >= 0.6 is 0 Å². The first-order valence-corrected chi connectivity index (χ1v) is 8.17. The van der Waals surface area contributed by atoms with Gasteiger partial charge < -0.3 is 19.9 Å². The van der Waals surface area contributed by atoms with E-state index >= 15 is 0 Å². The number of nitrogens with zero attached hydrogens (tertiary/aromatic N) is 4. The van der Waals surface area contributed by atoms with Gasteiger partial charge in [-0.15, -0.1) is 0 Å². The number of urea groups is 1. The number of piperazine rings is 1. The van der Waals surface area contributed by atoms with Crippen molar-refractivity contribution in [2.75, 3.05) is 43.0 Å². The predicted octanol–water partition coefficient (Wildman–Crippen LogP) is 2.37. The van der Waals surface area contributed by atoms with Crippen molar-refractivity contribution in [2.45, 2.75) is 6.92 Å². The Kier molecular flexibility index (Phi) is 5.27. The van der Waals surface area contributed by atoms with Crippen LogP contribution in [-0.2, 0) is 0 Å². The van der Waals surface area contributed by atoms with Crippen molar-refractivity contribution in [2.24, 2.45) is 0 Å². The number of rotatable bonds is 4. The van der Waals surface area contributed by atoms with Gasteiger partial charge in [0.05, 0.1) is 18.5 Å². The number of carbonyl (C=O) groups is 1. The highest BCUT2D eigenvalue weighted by atomic mass is 19.1. The predicted molar refractivity (Wildman–Crippen MR) is 92.4 cm³/mol. The number of aromatic nitrogens is 2. The highest BCUT2D eigenvalue weighted by Crippen LogP contribution is 2.18. The molecule has 1 saturated heterocycles. The first-order chi connectivity index (χ1) is 12.2. The number of amides is 2. The Bertz CT molecular complexity index is 717. The minimum Gasteiger partial charge on any atom is -0.478 e. The molecule has 3 heterocycles. The van der Waals surface area contributed by atoms with Crippen LogP contribution in [0.3, 0.4) is 0 Å². The maximum atomic E-state index is 13.8. The summed E-state index contributed by atoms with van der Waals surface area (Å²) in [4.78, 5) is 24.1. The maximum absolute atomic E-state index is 13.8. The lowest BCUT2D eigenvalue weighted by Crippen LogP contribution is -2.50. The number of anilines is 2. The van der Waals surface area contributed by atoms with E-state index in [1.807, 2.05) is 11.8 Å². The molecule has 2 aromatic heterocycles. The van der Waals surface area contributed by atoms with Gasteiger partial charge in [0.2, 0.25) is 5.88 Å². The normalized spacial score (nSPS) is 14.3. The van der Waals surface area contributed by atoms with Crippen LogP contribution in [0.15, 0.2) is 36.7 Å². The molecule has 25 heavy (non-hydrogen) atoms. The van der Waals surface area contributed by atoms with Gasteiger partial charge >= 0.3 is 6.03 Å². The molecule has 0 radical (unpaired) electrons. The summed E-state index contributed by atoms with van der Waals surface area (Å²) in [6.45, 7) is 4.47. The molecule has 1 fully saturated rings. The Morgan fingerprint density at radius 1 is 1.24 bits per heavy atom. The minimum absolute atomic E-state index is 0.202. The molecular weight excluding hydrogens is 325 g/mol. The number of ether oxygens (including phenoxy) is 1. The van der Waals surface area contributed by atoms with Gasteiger partial charge in [-0.05, 0) is 25.1 Å². The SMILES string of the molecule is CCOc1ccc(NC(=O)N2CCN(c3ncccc3F)CC2)cn1. The van der Waals surface area contributed by atoms with E-state index in [1.165, 1.54) is 6.07 Å². The zero-order chi connectivity index (χ0) is 17.6. The van der Waals surface area contributed by atoms with Crippen LogP contribution in [0, 0.1) is 5.82 Å². The Labute approximate surface area is 145 Å². The fourth-order valence-corrected chi connectivity index (χ4v) is 2.62. The van der Waals surface area contributed by atoms with E-state index in [1.54, 1.807) is 35.5 Å². The molecule has 8 heteroatoms. The van der Waals surface area contributed by atoms with Crippen LogP contribution in [0.1, 0.15) is 6.92 Å². The largest absolute Gasteiger partial charge is 0.478 e. The molecule has 0 aromatic carbocycles. The fraction of sp³-hybridized carbons (Fsp3) is 0.353. The number of hydrogen-bond donors (Lipinski definition) is 1. The summed E-state index contributed by atoms with van der Waals surface area (Å²) in [5.41, 5.74) is 0.603. The fourth-order valence-electron chi connectivity index (χ4n) is 2.62. The van der Waals surface area contributed by atoms with Gasteiger partial charge in [0.15, 0.2) is 11.6 Å². The van der Waals surface area contributed by atoms with Crippen LogP contribution in [0.4, 0.5) is 20.7 Å². The van der Waals surface area contributed by atoms with E-state index in [0.717, 1.165) is 0 Å². The summed E-state index contributed by atoms with van der Waals surface area (Å²) >= 11 is 0. The lowest BCUT2D eigenvalue weighted by Gasteiger charge is -2.35. The van der Waals surface area contributed by atoms with Gasteiger partial charge in [0.25, 0.3) is 0 Å². The van der Waals surface area contributed by atoms with Gasteiger partial charge in [0, 0.05) is 38.4 Å². The summed E-state index contributed by atoms with van der Waals surface area (Å²) in [5.74, 6) is 0.505. The van der Waals surface area contributed by atoms with Crippen molar-refractivity contribution in [3.05, 3.63) is 42.5 Å². The zero-order valence-corrected chi connectivity index (χ0v) is 14.0. The maximum Gasteiger partial charge on any atom is 0.322 e. The quantitative estimate of drug-likeness (QED) is 0.921. The van der Waals surface area contributed by atoms with E-state index in [9.17, 15) is 9.18 Å². The molecule has 2 amide bonds. The van der Waals surface area contributed by atoms with E-state index in [2.05, 4.69) is 15.3 Å². The molecule has 7 nitrogen and oxygen atoms in total. The molecular formula is C17H20FN5O2. The second kappa shape index (κ2) is 7.78. The third-order valence-electron chi connectivity index (χ3n) is 3.89. The second-order valence-corrected chi connectivity index (χ2v) is 5.53. The topological polar surface area (TPSA) is 70.6 Å². The molecule has 0 saturated carbocycles. The first kappa shape index (κ1) is 16.9. The van der Waals surface area contributed by atoms with Gasteiger partial charge in [-0.25, -0.2) is 19.2 Å². The Morgan fingerprint density at radius 3 is 2.68 bits per heavy atom. The van der Waals surface area contributed by atoms with E-state index in [0.29, 0.717) is 50.2 Å². The van der Waals surface area contributed by atoms with Crippen molar-refractivity contribution in [3.63, 3.8) is 0 Å². The van der Waals surface area contributed by atoms with Gasteiger partial charge in [-0.2, -0.15) is 0 Å². The van der Waals surface area contributed by atoms with Crippen molar-refractivity contribution in [3.8, 4) is 5.88 Å². The lowest BCUT2D eigenvalue weighted by atomic mass is 10.3. The Hall–Kier alpha value is -2.90. The van der Waals surface area contributed by atoms with Gasteiger partial charge in [-0.3, -0.25) is 0 Å². The average Bonchev–Trinajstić information content (AvgIpc) is 2.64. The summed E-state index contributed by atoms with van der Waals surface area (Å²) in [6, 6.07) is 6.21. The molecule has 0 bridgehead atoms. The average molecular weight is 345 g/mol. The van der Waals surface area contributed by atoms with Crippen LogP contribution < -0.4 is 15.0 Å². The Balaban J connectivity index is 1.54. The molecule has 1 N–H and O–H groups in total. The molecule has 0 spiro atoms. The van der Waals surface area contributed by atoms with Crippen LogP contribution in [-0.4, -0.2) is 53.7 Å². The minimum atomic E-state index is -0.346. The summed E-state index contributed by atoms with van der Waals surface area (Å²) in [5, 5.41) is 2.81. The first-order valence-electron chi connectivity index (χ1n) is 8.17. The molecule has 0 unspecified atom stereocenters. The van der Waals surface area contributed by atoms with Crippen LogP contribution in [0.25, 0.3) is 0 Å².